The number of rotatable bonds is 4. The fourth-order valence-corrected chi connectivity index (χ4v) is 2.68. The Balaban J connectivity index is 2.02. The molecule has 0 atom stereocenters. The van der Waals surface area contributed by atoms with Crippen molar-refractivity contribution in [1.82, 2.24) is 4.90 Å². The Morgan fingerprint density at radius 2 is 2.08 bits per heavy atom. The molecule has 126 valence electrons. The maximum Gasteiger partial charge on any atom is 0.267 e. The lowest BCUT2D eigenvalue weighted by atomic mass is 9.96. The molecule has 1 heterocycles. The van der Waals surface area contributed by atoms with Gasteiger partial charge < -0.3 is 16.0 Å². The van der Waals surface area contributed by atoms with Crippen molar-refractivity contribution in [2.24, 2.45) is 11.7 Å². The van der Waals surface area contributed by atoms with Crippen LogP contribution in [-0.4, -0.2) is 29.8 Å². The largest absolute Gasteiger partial charge is 0.376 e. The second-order valence-corrected chi connectivity index (χ2v) is 6.19. The van der Waals surface area contributed by atoms with Gasteiger partial charge in [0.25, 0.3) is 5.91 Å². The number of aryl methyl sites for hydroxylation is 1. The van der Waals surface area contributed by atoms with Gasteiger partial charge in [0.05, 0.1) is 0 Å². The maximum atomic E-state index is 12.2. The van der Waals surface area contributed by atoms with E-state index in [1.807, 2.05) is 17.9 Å². The number of hydrogen-bond acceptors (Lipinski definition) is 4. The van der Waals surface area contributed by atoms with Crippen LogP contribution in [0.1, 0.15) is 18.4 Å². The van der Waals surface area contributed by atoms with Crippen LogP contribution in [0.25, 0.3) is 0 Å². The lowest BCUT2D eigenvalue weighted by Crippen LogP contribution is -2.36. The molecule has 0 aromatic heterocycles. The van der Waals surface area contributed by atoms with Gasteiger partial charge in [-0.2, -0.15) is 5.26 Å². The van der Waals surface area contributed by atoms with Crippen LogP contribution in [0.3, 0.4) is 0 Å². The van der Waals surface area contributed by atoms with Gasteiger partial charge in [0.2, 0.25) is 5.91 Å². The highest BCUT2D eigenvalue weighted by atomic mass is 35.5. The summed E-state index contributed by atoms with van der Waals surface area (Å²) in [7, 11) is 0. The fraction of sp³-hybridized carbons (Fsp3) is 0.353. The number of carbonyl (C=O) groups is 2. The van der Waals surface area contributed by atoms with Gasteiger partial charge in [0, 0.05) is 35.9 Å². The number of halogens is 1. The van der Waals surface area contributed by atoms with E-state index in [0.717, 1.165) is 5.56 Å². The van der Waals surface area contributed by atoms with E-state index in [9.17, 15) is 14.9 Å². The van der Waals surface area contributed by atoms with Crippen LogP contribution in [0.15, 0.2) is 30.0 Å². The molecule has 1 aromatic carbocycles. The molecule has 1 saturated heterocycles. The summed E-state index contributed by atoms with van der Waals surface area (Å²) in [6, 6.07) is 7.08. The number of nitriles is 1. The fourth-order valence-electron chi connectivity index (χ4n) is 2.50. The summed E-state index contributed by atoms with van der Waals surface area (Å²) in [6.45, 7) is 3.04. The number of amides is 2. The minimum atomic E-state index is -0.491. The van der Waals surface area contributed by atoms with Crippen LogP contribution < -0.4 is 11.1 Å². The Kier molecular flexibility index (Phi) is 5.83. The van der Waals surface area contributed by atoms with Crippen molar-refractivity contribution in [2.45, 2.75) is 19.8 Å². The van der Waals surface area contributed by atoms with E-state index in [2.05, 4.69) is 5.32 Å². The third-order valence-corrected chi connectivity index (χ3v) is 4.45. The van der Waals surface area contributed by atoms with Gasteiger partial charge in [-0.05, 0) is 37.5 Å². The molecule has 1 aromatic rings. The van der Waals surface area contributed by atoms with Crippen molar-refractivity contribution in [3.8, 4) is 6.07 Å². The lowest BCUT2D eigenvalue weighted by Gasteiger charge is -2.29. The molecule has 0 bridgehead atoms. The second-order valence-electron chi connectivity index (χ2n) is 5.79. The summed E-state index contributed by atoms with van der Waals surface area (Å²) in [5, 5.41) is 12.4. The van der Waals surface area contributed by atoms with Crippen LogP contribution in [0, 0.1) is 24.2 Å². The van der Waals surface area contributed by atoms with Crippen LogP contribution in [0.5, 0.6) is 0 Å². The molecule has 1 fully saturated rings. The Morgan fingerprint density at radius 1 is 1.42 bits per heavy atom. The molecule has 1 aliphatic rings. The first-order chi connectivity index (χ1) is 11.4. The normalized spacial score (nSPS) is 15.7. The van der Waals surface area contributed by atoms with Gasteiger partial charge in [-0.1, -0.05) is 17.7 Å². The molecule has 3 N–H and O–H groups in total. The van der Waals surface area contributed by atoms with E-state index < -0.39 is 5.91 Å². The Hall–Kier alpha value is -2.52. The highest BCUT2D eigenvalue weighted by Gasteiger charge is 2.22. The molecule has 0 unspecified atom stereocenters. The highest BCUT2D eigenvalue weighted by Crippen LogP contribution is 2.21. The van der Waals surface area contributed by atoms with Gasteiger partial charge in [-0.3, -0.25) is 9.59 Å². The Morgan fingerprint density at radius 3 is 2.62 bits per heavy atom. The second kappa shape index (κ2) is 7.84. The zero-order chi connectivity index (χ0) is 17.7. The first-order valence-electron chi connectivity index (χ1n) is 7.63. The van der Waals surface area contributed by atoms with Gasteiger partial charge >= 0.3 is 0 Å². The minimum Gasteiger partial charge on any atom is -0.376 e. The summed E-state index contributed by atoms with van der Waals surface area (Å²) >= 11 is 6.03. The van der Waals surface area contributed by atoms with Crippen molar-refractivity contribution in [2.75, 3.05) is 18.4 Å². The smallest absolute Gasteiger partial charge is 0.267 e. The summed E-state index contributed by atoms with van der Waals surface area (Å²) in [4.78, 5) is 25.3. The first kappa shape index (κ1) is 17.8. The number of primary amides is 1. The van der Waals surface area contributed by atoms with Gasteiger partial charge in [0.1, 0.15) is 11.6 Å². The number of likely N-dealkylation sites (tertiary alicyclic amines) is 1. The van der Waals surface area contributed by atoms with E-state index in [1.165, 1.54) is 6.20 Å². The summed E-state index contributed by atoms with van der Waals surface area (Å²) in [5.74, 6) is -0.925. The third kappa shape index (κ3) is 4.49. The zero-order valence-corrected chi connectivity index (χ0v) is 14.1. The molecular weight excluding hydrogens is 328 g/mol. The standard InChI is InChI=1S/C17H19ClN4O2/c1-11-2-3-14(8-15(11)18)21-17(24)13(9-19)10-22-6-4-12(5-7-22)16(20)23/h2-3,8,10,12H,4-7H2,1H3,(H2,20,23)(H,21,24)/b13-10-. The van der Waals surface area contributed by atoms with Gasteiger partial charge in [-0.15, -0.1) is 0 Å². The van der Waals surface area contributed by atoms with Crippen LogP contribution in [0.2, 0.25) is 5.02 Å². The van der Waals surface area contributed by atoms with Crippen molar-refractivity contribution in [3.05, 3.63) is 40.6 Å². The van der Waals surface area contributed by atoms with E-state index in [0.29, 0.717) is 36.6 Å². The number of nitrogens with one attached hydrogen (secondary N) is 1. The summed E-state index contributed by atoms with van der Waals surface area (Å²) in [5.41, 5.74) is 6.74. The van der Waals surface area contributed by atoms with Crippen LogP contribution in [0.4, 0.5) is 5.69 Å². The first-order valence-corrected chi connectivity index (χ1v) is 8.01. The predicted octanol–water partition coefficient (Wildman–Crippen LogP) is 2.19. The van der Waals surface area contributed by atoms with Gasteiger partial charge in [0.15, 0.2) is 0 Å². The van der Waals surface area contributed by atoms with Gasteiger partial charge in [-0.25, -0.2) is 0 Å². The number of hydrogen-bond donors (Lipinski definition) is 2. The van der Waals surface area contributed by atoms with E-state index in [-0.39, 0.29) is 17.4 Å². The molecule has 6 nitrogen and oxygen atoms in total. The third-order valence-electron chi connectivity index (χ3n) is 4.04. The molecule has 0 saturated carbocycles. The molecule has 0 aliphatic carbocycles. The number of carbonyl (C=O) groups excluding carboxylic acids is 2. The molecule has 0 spiro atoms. The zero-order valence-electron chi connectivity index (χ0n) is 13.4. The van der Waals surface area contributed by atoms with Crippen molar-refractivity contribution in [3.63, 3.8) is 0 Å². The number of nitrogens with zero attached hydrogens (tertiary/aromatic N) is 2. The van der Waals surface area contributed by atoms with Crippen molar-refractivity contribution < 1.29 is 9.59 Å². The Bertz CT molecular complexity index is 716. The number of anilines is 1. The molecule has 0 radical (unpaired) electrons. The molecule has 2 rings (SSSR count). The van der Waals surface area contributed by atoms with Crippen molar-refractivity contribution >= 4 is 29.1 Å². The van der Waals surface area contributed by atoms with E-state index >= 15 is 0 Å². The highest BCUT2D eigenvalue weighted by molar-refractivity contribution is 6.31. The average molecular weight is 347 g/mol. The maximum absolute atomic E-state index is 12.2. The van der Waals surface area contributed by atoms with Crippen LogP contribution >= 0.6 is 11.6 Å². The topological polar surface area (TPSA) is 99.2 Å². The quantitative estimate of drug-likeness (QED) is 0.644. The number of nitrogens with two attached hydrogens (primary N) is 1. The molecular formula is C17H19ClN4O2. The molecule has 1 aliphatic heterocycles. The van der Waals surface area contributed by atoms with Crippen LogP contribution in [-0.2, 0) is 9.59 Å². The molecule has 24 heavy (non-hydrogen) atoms. The lowest BCUT2D eigenvalue weighted by molar-refractivity contribution is -0.123. The Labute approximate surface area is 145 Å². The van der Waals surface area contributed by atoms with Crippen molar-refractivity contribution in [1.29, 1.82) is 5.26 Å². The SMILES string of the molecule is Cc1ccc(NC(=O)/C(C#N)=C\N2CCC(C(N)=O)CC2)cc1Cl. The number of benzene rings is 1. The predicted molar refractivity (Wildman–Crippen MR) is 92.0 cm³/mol. The number of piperidine rings is 1. The minimum absolute atomic E-state index is 0.00391. The monoisotopic (exact) mass is 346 g/mol. The summed E-state index contributed by atoms with van der Waals surface area (Å²) in [6.07, 6.45) is 2.78. The molecule has 7 heteroatoms. The molecule has 2 amide bonds. The van der Waals surface area contributed by atoms with E-state index in [4.69, 9.17) is 17.3 Å². The van der Waals surface area contributed by atoms with E-state index in [1.54, 1.807) is 18.2 Å². The average Bonchev–Trinajstić information content (AvgIpc) is 2.56. The summed E-state index contributed by atoms with van der Waals surface area (Å²) < 4.78 is 0.